The predicted molar refractivity (Wildman–Crippen MR) is 564 cm³/mol. The second kappa shape index (κ2) is 39.1. The summed E-state index contributed by atoms with van der Waals surface area (Å²) in [4.78, 5) is 52.2. The van der Waals surface area contributed by atoms with Crippen LogP contribution in [0.4, 0.5) is 0 Å². The molecular weight excluding hydrogens is 2490 g/mol. The Kier molecular flexibility index (Phi) is 28.1. The number of imidazole rings is 6. The molecular formula is C118H106N16O2PdPt3S4. The number of hydrogen-bond acceptors (Lipinski definition) is 14. The molecule has 734 valence electrons. The Bertz CT molecular complexity index is 7340. The Morgan fingerprint density at radius 1 is 0.299 bits per heavy atom. The van der Waals surface area contributed by atoms with Crippen molar-refractivity contribution < 1.29 is 93.8 Å². The van der Waals surface area contributed by atoms with Gasteiger partial charge in [-0.05, 0) is 112 Å². The van der Waals surface area contributed by atoms with Crippen molar-refractivity contribution in [2.75, 3.05) is 0 Å². The number of rotatable bonds is 4. The molecule has 144 heavy (non-hydrogen) atoms. The van der Waals surface area contributed by atoms with Gasteiger partial charge in [-0.2, -0.15) is 9.79 Å². The van der Waals surface area contributed by atoms with E-state index in [1.807, 2.05) is 155 Å². The molecule has 0 saturated heterocycles. The summed E-state index contributed by atoms with van der Waals surface area (Å²) in [6.07, 6.45) is 12.5. The number of aromatic nitrogens is 16. The van der Waals surface area contributed by atoms with Gasteiger partial charge in [-0.25, -0.2) is 29.9 Å². The van der Waals surface area contributed by atoms with E-state index >= 15 is 0 Å². The zero-order valence-corrected chi connectivity index (χ0v) is 94.5. The van der Waals surface area contributed by atoms with Gasteiger partial charge >= 0.3 is 62.6 Å². The molecule has 0 saturated carbocycles. The molecule has 18 nitrogen and oxygen atoms in total. The monoisotopic (exact) mass is 2600 g/mol. The van der Waals surface area contributed by atoms with E-state index in [-0.39, 0.29) is 117 Å². The predicted octanol–water partition coefficient (Wildman–Crippen LogP) is 25.8. The standard InChI is InChI=1S/C36H32N4O2.C36H32N4S2.C26H26N4.C20H18N4S2.Pd.3Pt/c2*1-35(2)27-19-11-17-25(31(27)41)34-38-30(22-40(34)24-15-9-6-10-16-24)36(3,4)28-20-12-18-26(32(28)42)33-37-29(35)21-39(33)23-13-7-5-8-14-23;1-25(2)19-11-7-9-17(13-19)22-16-30(6)24(28-22)26(3,4)20-12-8-10-18(14-20)21-15-29(5)23(25)27-21;1-19(2)13-7-5-11(21-13)18-24-16(10-26-18)20(3,4)14-8-6-12(22-14)17-23-15(19)9-25-17;;;;/h2*5-22,41-42H,1-4H3;7-12,15-16H,1-6H3;5-10H,1-4H3;;;;/q;;2*-2;+2;;2*+2/p-2. The number of benzene rings is 10. The summed E-state index contributed by atoms with van der Waals surface area (Å²) in [6, 6.07) is 93.1. The Morgan fingerprint density at radius 3 is 0.903 bits per heavy atom. The maximum Gasteiger partial charge on any atom is 2.00 e. The average Bonchev–Trinajstić information content (AvgIpc) is 1.58. The van der Waals surface area contributed by atoms with Crippen LogP contribution in [0.3, 0.4) is 0 Å². The summed E-state index contributed by atoms with van der Waals surface area (Å²) in [7, 11) is 4.13. The molecule has 0 spiro atoms. The first-order chi connectivity index (χ1) is 66.9. The van der Waals surface area contributed by atoms with Gasteiger partial charge < -0.3 is 54.6 Å². The minimum Gasteiger partial charge on any atom is -0.779 e. The third kappa shape index (κ3) is 17.9. The minimum absolute atomic E-state index is 0. The first-order valence-electron chi connectivity index (χ1n) is 47.1. The third-order valence-corrected chi connectivity index (χ3v) is 31.5. The van der Waals surface area contributed by atoms with Crippen LogP contribution in [0.15, 0.2) is 313 Å². The number of phenols is 2. The van der Waals surface area contributed by atoms with E-state index in [0.717, 1.165) is 190 Å². The molecule has 0 radical (unpaired) electrons. The summed E-state index contributed by atoms with van der Waals surface area (Å²) in [5.74, 6) is 5.24. The normalized spacial score (nSPS) is 15.1. The van der Waals surface area contributed by atoms with Gasteiger partial charge in [0.2, 0.25) is 0 Å². The number of para-hydroxylation sites is 6. The number of nitrogens with zero attached hydrogens (tertiary/aromatic N) is 16. The van der Waals surface area contributed by atoms with Gasteiger partial charge in [0.05, 0.1) is 45.3 Å². The zero-order chi connectivity index (χ0) is 97.8. The van der Waals surface area contributed by atoms with Crippen LogP contribution in [0.25, 0.3) is 112 Å². The molecule has 4 aliphatic rings. The third-order valence-electron chi connectivity index (χ3n) is 28.9. The van der Waals surface area contributed by atoms with Gasteiger partial charge in [0, 0.05) is 159 Å². The number of aromatic hydroxyl groups is 2. The van der Waals surface area contributed by atoms with Crippen molar-refractivity contribution in [3.05, 3.63) is 405 Å². The van der Waals surface area contributed by atoms with E-state index in [1.54, 1.807) is 22.7 Å². The van der Waals surface area contributed by atoms with Gasteiger partial charge in [-0.3, -0.25) is 28.2 Å². The largest absolute Gasteiger partial charge is 2.00 e. The van der Waals surface area contributed by atoms with Crippen LogP contribution < -0.4 is 9.97 Å². The zero-order valence-electron chi connectivity index (χ0n) is 82.8. The van der Waals surface area contributed by atoms with Crippen molar-refractivity contribution in [1.82, 2.24) is 77.2 Å². The van der Waals surface area contributed by atoms with Crippen molar-refractivity contribution >= 4 is 47.9 Å². The van der Waals surface area contributed by atoms with Gasteiger partial charge in [-0.1, -0.05) is 263 Å². The first kappa shape index (κ1) is 103. The molecule has 32 bridgehead atoms. The Morgan fingerprint density at radius 2 is 0.583 bits per heavy atom. The maximum absolute atomic E-state index is 11.9. The molecule has 0 amide bonds. The van der Waals surface area contributed by atoms with Gasteiger partial charge in [0.1, 0.15) is 56.5 Å². The van der Waals surface area contributed by atoms with E-state index in [0.29, 0.717) is 22.8 Å². The SMILES string of the molecule is CC1(C)c2cn(-c3ccccc3)c(n2)-c2cccc(c2O)C(C)(C)c2cn(-c3ccccc3)c(n2)-c2cccc1c2O.CC1(C)c2cn(-c3ccccc3)c(n2)-c2cccc(c2[S-])C(C)(C)c2cn(-c3ccccc3)c(n2)-c2cccc1c2[S-].CC1(C)c2csc(n2)-c2ccc([n-]2)C(C)(C)c2csc(n2)-c2ccc1[n-]2.Cn1cc2nc1C(C)(C)c1[c-]c(ccc1)-c1cn(C)c(n1)C(C)(C)c1[c-]c-2ccc1.[Pd+2].[Pt+2].[Pt+2].[Pt]. The van der Waals surface area contributed by atoms with Crippen LogP contribution in [0, 0.1) is 12.1 Å². The molecule has 0 fully saturated rings. The quantitative estimate of drug-likeness (QED) is 0.0957. The molecule has 2 N–H and O–H groups in total. The molecule has 14 heterocycles. The van der Waals surface area contributed by atoms with E-state index in [4.69, 9.17) is 75.1 Å². The topological polar surface area (TPSA) is 201 Å². The van der Waals surface area contributed by atoms with Crippen LogP contribution in [0.1, 0.15) is 201 Å². The van der Waals surface area contributed by atoms with Crippen molar-refractivity contribution in [2.45, 2.75) is 164 Å². The first-order valence-corrected chi connectivity index (χ1v) is 49.7. The summed E-state index contributed by atoms with van der Waals surface area (Å²) in [6.45, 7) is 34.5. The molecule has 0 atom stereocenters. The van der Waals surface area contributed by atoms with Crippen molar-refractivity contribution in [3.8, 4) is 124 Å². The number of thiazole rings is 2. The molecule has 4 aliphatic heterocycles. The van der Waals surface area contributed by atoms with Gasteiger partial charge in [-0.15, -0.1) is 105 Å². The number of hydrogen-bond donors (Lipinski definition) is 2. The Hall–Kier alpha value is -12.0. The van der Waals surface area contributed by atoms with Crippen LogP contribution in [0.2, 0.25) is 0 Å². The van der Waals surface area contributed by atoms with Crippen LogP contribution in [0.5, 0.6) is 11.5 Å². The van der Waals surface area contributed by atoms with Gasteiger partial charge in [0.25, 0.3) is 0 Å². The smallest absolute Gasteiger partial charge is 0.779 e. The van der Waals surface area contributed by atoms with E-state index in [2.05, 4.69) is 312 Å². The van der Waals surface area contributed by atoms with E-state index in [9.17, 15) is 10.2 Å². The average molecular weight is 2600 g/mol. The fourth-order valence-electron chi connectivity index (χ4n) is 19.9. The molecule has 24 rings (SSSR count). The summed E-state index contributed by atoms with van der Waals surface area (Å²) in [5, 5.41) is 30.0. The van der Waals surface area contributed by atoms with E-state index < -0.39 is 21.7 Å². The molecule has 10 aromatic carbocycles. The Labute approximate surface area is 917 Å². The van der Waals surface area contributed by atoms with Crippen LogP contribution >= 0.6 is 22.7 Å². The summed E-state index contributed by atoms with van der Waals surface area (Å²) < 4.78 is 12.6. The molecule has 10 aromatic heterocycles. The van der Waals surface area contributed by atoms with Gasteiger partial charge in [0.15, 0.2) is 0 Å². The summed E-state index contributed by atoms with van der Waals surface area (Å²) >= 11 is 15.8. The van der Waals surface area contributed by atoms with Crippen molar-refractivity contribution in [1.29, 1.82) is 0 Å². The second-order valence-corrected chi connectivity index (χ2v) is 43.5. The van der Waals surface area contributed by atoms with Crippen LogP contribution in [-0.2, 0) is 166 Å². The number of phenolic OH excluding ortho intramolecular Hbond substituents is 2. The Balaban J connectivity index is 0.000000133. The van der Waals surface area contributed by atoms with Crippen molar-refractivity contribution in [2.24, 2.45) is 14.1 Å². The minimum atomic E-state index is -0.682. The van der Waals surface area contributed by atoms with Crippen LogP contribution in [-0.4, -0.2) is 77.5 Å². The molecule has 0 unspecified atom stereocenters. The summed E-state index contributed by atoms with van der Waals surface area (Å²) in [5.41, 5.74) is 22.5. The number of fused-ring (bicyclic) bond motifs is 40. The van der Waals surface area contributed by atoms with E-state index in [1.165, 1.54) is 0 Å². The molecule has 0 aliphatic carbocycles. The maximum atomic E-state index is 11.9. The second-order valence-electron chi connectivity index (χ2n) is 41.0. The molecule has 20 aromatic rings. The van der Waals surface area contributed by atoms with Crippen molar-refractivity contribution in [3.63, 3.8) is 0 Å². The molecule has 26 heteroatoms. The fraction of sp³-hybridized carbons (Fsp3) is 0.220. The number of aryl methyl sites for hydroxylation is 2. The fourth-order valence-corrected chi connectivity index (χ4v) is 22.8.